The quantitative estimate of drug-likeness (QED) is 0.851. The summed E-state index contributed by atoms with van der Waals surface area (Å²) in [7, 11) is 0. The van der Waals surface area contributed by atoms with Crippen molar-refractivity contribution in [3.8, 4) is 0 Å². The van der Waals surface area contributed by atoms with Gasteiger partial charge in [-0.25, -0.2) is 4.98 Å². The molecule has 2 fully saturated rings. The lowest BCUT2D eigenvalue weighted by Gasteiger charge is -2.16. The Morgan fingerprint density at radius 3 is 2.96 bits per heavy atom. The number of aryl methyl sites for hydroxylation is 1. The van der Waals surface area contributed by atoms with Crippen LogP contribution < -0.4 is 4.90 Å². The molecule has 0 spiro atoms. The van der Waals surface area contributed by atoms with E-state index < -0.39 is 0 Å². The molecule has 2 aromatic heterocycles. The minimum absolute atomic E-state index is 0.0552. The summed E-state index contributed by atoms with van der Waals surface area (Å²) in [6.45, 7) is 4.00. The maximum atomic E-state index is 12.6. The van der Waals surface area contributed by atoms with Crippen LogP contribution in [0.4, 0.5) is 5.69 Å². The van der Waals surface area contributed by atoms with Crippen molar-refractivity contribution in [3.05, 3.63) is 28.5 Å². The first kappa shape index (κ1) is 15.3. The van der Waals surface area contributed by atoms with E-state index in [9.17, 15) is 9.59 Å². The maximum absolute atomic E-state index is 12.6. The third kappa shape index (κ3) is 2.60. The third-order valence-electron chi connectivity index (χ3n) is 4.74. The molecule has 0 saturated carbocycles. The molecule has 24 heavy (non-hydrogen) atoms. The fourth-order valence-electron chi connectivity index (χ4n) is 3.38. The van der Waals surface area contributed by atoms with Gasteiger partial charge in [0.15, 0.2) is 0 Å². The molecule has 8 heteroatoms. The van der Waals surface area contributed by atoms with Crippen molar-refractivity contribution in [2.45, 2.75) is 32.2 Å². The van der Waals surface area contributed by atoms with Crippen molar-refractivity contribution in [2.75, 3.05) is 24.5 Å². The summed E-state index contributed by atoms with van der Waals surface area (Å²) < 4.78 is 1.90. The lowest BCUT2D eigenvalue weighted by molar-refractivity contribution is -0.117. The van der Waals surface area contributed by atoms with E-state index >= 15 is 0 Å². The fraction of sp³-hybridized carbons (Fsp3) is 0.500. The molecule has 1 atom stereocenters. The number of likely N-dealkylation sites (tertiary alicyclic amines) is 1. The summed E-state index contributed by atoms with van der Waals surface area (Å²) in [6, 6.07) is 0.161. The molecule has 126 valence electrons. The monoisotopic (exact) mass is 345 g/mol. The van der Waals surface area contributed by atoms with Gasteiger partial charge in [0.2, 0.25) is 5.91 Å². The van der Waals surface area contributed by atoms with Crippen molar-refractivity contribution >= 4 is 28.8 Å². The lowest BCUT2D eigenvalue weighted by atomic mass is 10.3. The van der Waals surface area contributed by atoms with Gasteiger partial charge in [-0.15, -0.1) is 11.3 Å². The second kappa shape index (κ2) is 6.01. The van der Waals surface area contributed by atoms with Crippen LogP contribution in [0, 0.1) is 6.92 Å². The molecule has 0 aromatic carbocycles. The smallest absolute Gasteiger partial charge is 0.265 e. The van der Waals surface area contributed by atoms with Crippen LogP contribution in [0.5, 0.6) is 0 Å². The Kier molecular flexibility index (Phi) is 3.84. The number of aromatic nitrogens is 3. The molecule has 4 heterocycles. The standard InChI is InChI=1S/C16H19N5O2S/c1-11-15(24-10-17-11)16(23)19-6-4-12(8-19)21-9-13(7-18-21)20-5-2-3-14(20)22/h7,9-10,12H,2-6,8H2,1H3. The van der Waals surface area contributed by atoms with Gasteiger partial charge in [-0.1, -0.05) is 0 Å². The molecule has 2 amide bonds. The van der Waals surface area contributed by atoms with Gasteiger partial charge in [0.05, 0.1) is 29.1 Å². The molecule has 0 aliphatic carbocycles. The molecular weight excluding hydrogens is 326 g/mol. The first-order valence-corrected chi connectivity index (χ1v) is 9.05. The van der Waals surface area contributed by atoms with Crippen LogP contribution in [0.3, 0.4) is 0 Å². The second-order valence-electron chi connectivity index (χ2n) is 6.29. The minimum atomic E-state index is 0.0552. The van der Waals surface area contributed by atoms with Crippen molar-refractivity contribution in [1.29, 1.82) is 0 Å². The van der Waals surface area contributed by atoms with E-state index in [1.807, 2.05) is 22.7 Å². The molecule has 2 aliphatic rings. The van der Waals surface area contributed by atoms with E-state index in [0.717, 1.165) is 42.2 Å². The lowest BCUT2D eigenvalue weighted by Crippen LogP contribution is -2.29. The van der Waals surface area contributed by atoms with Gasteiger partial charge in [0, 0.05) is 32.3 Å². The Bertz CT molecular complexity index is 783. The van der Waals surface area contributed by atoms with Crippen molar-refractivity contribution in [2.24, 2.45) is 0 Å². The maximum Gasteiger partial charge on any atom is 0.265 e. The van der Waals surface area contributed by atoms with Gasteiger partial charge < -0.3 is 9.80 Å². The van der Waals surface area contributed by atoms with E-state index in [0.29, 0.717) is 13.0 Å². The summed E-state index contributed by atoms with van der Waals surface area (Å²) >= 11 is 1.39. The Balaban J connectivity index is 1.45. The van der Waals surface area contributed by atoms with Crippen molar-refractivity contribution < 1.29 is 9.59 Å². The summed E-state index contributed by atoms with van der Waals surface area (Å²) in [5.41, 5.74) is 3.37. The zero-order chi connectivity index (χ0) is 16.7. The number of amides is 2. The minimum Gasteiger partial charge on any atom is -0.336 e. The zero-order valence-corrected chi connectivity index (χ0v) is 14.3. The first-order chi connectivity index (χ1) is 11.6. The Labute approximate surface area is 143 Å². The van der Waals surface area contributed by atoms with Crippen LogP contribution >= 0.6 is 11.3 Å². The van der Waals surface area contributed by atoms with Crippen LogP contribution in [0.15, 0.2) is 17.9 Å². The first-order valence-electron chi connectivity index (χ1n) is 8.17. The number of rotatable bonds is 3. The average Bonchev–Trinajstić information content (AvgIpc) is 3.33. The zero-order valence-electron chi connectivity index (χ0n) is 13.5. The van der Waals surface area contributed by atoms with E-state index in [4.69, 9.17) is 0 Å². The number of hydrogen-bond donors (Lipinski definition) is 0. The van der Waals surface area contributed by atoms with E-state index in [-0.39, 0.29) is 17.9 Å². The Hall–Kier alpha value is -2.22. The van der Waals surface area contributed by atoms with Crippen LogP contribution in [0.2, 0.25) is 0 Å². The Morgan fingerprint density at radius 2 is 2.25 bits per heavy atom. The molecule has 2 aliphatic heterocycles. The summed E-state index contributed by atoms with van der Waals surface area (Å²) in [6.07, 6.45) is 6.08. The van der Waals surface area contributed by atoms with Crippen molar-refractivity contribution in [3.63, 3.8) is 0 Å². The highest BCUT2D eigenvalue weighted by atomic mass is 32.1. The van der Waals surface area contributed by atoms with Crippen LogP contribution in [-0.2, 0) is 4.79 Å². The normalized spacial score (nSPS) is 21.0. The molecular formula is C16H19N5O2S. The largest absolute Gasteiger partial charge is 0.336 e. The van der Waals surface area contributed by atoms with Gasteiger partial charge in [0.1, 0.15) is 4.88 Å². The highest BCUT2D eigenvalue weighted by Gasteiger charge is 2.31. The molecule has 4 rings (SSSR count). The molecule has 7 nitrogen and oxygen atoms in total. The van der Waals surface area contributed by atoms with Gasteiger partial charge >= 0.3 is 0 Å². The number of nitrogens with zero attached hydrogens (tertiary/aromatic N) is 5. The van der Waals surface area contributed by atoms with Gasteiger partial charge in [-0.3, -0.25) is 14.3 Å². The number of carbonyl (C=O) groups excluding carboxylic acids is 2. The fourth-order valence-corrected chi connectivity index (χ4v) is 4.15. The highest BCUT2D eigenvalue weighted by molar-refractivity contribution is 7.11. The van der Waals surface area contributed by atoms with Crippen LogP contribution in [0.25, 0.3) is 0 Å². The van der Waals surface area contributed by atoms with E-state index in [1.165, 1.54) is 11.3 Å². The number of carbonyl (C=O) groups is 2. The molecule has 2 aromatic rings. The summed E-state index contributed by atoms with van der Waals surface area (Å²) in [5.74, 6) is 0.220. The van der Waals surface area contributed by atoms with Crippen molar-refractivity contribution in [1.82, 2.24) is 19.7 Å². The molecule has 0 radical (unpaired) electrons. The van der Waals surface area contributed by atoms with Crippen LogP contribution in [-0.4, -0.2) is 51.1 Å². The van der Waals surface area contributed by atoms with E-state index in [1.54, 1.807) is 16.6 Å². The SMILES string of the molecule is Cc1ncsc1C(=O)N1CCC(n2cc(N3CCCC3=O)cn2)C1. The summed E-state index contributed by atoms with van der Waals surface area (Å²) in [4.78, 5) is 33.0. The number of thiazole rings is 1. The van der Waals surface area contributed by atoms with Gasteiger partial charge in [-0.2, -0.15) is 5.10 Å². The molecule has 0 bridgehead atoms. The summed E-state index contributed by atoms with van der Waals surface area (Å²) in [5, 5.41) is 4.43. The molecule has 2 saturated heterocycles. The van der Waals surface area contributed by atoms with Gasteiger partial charge in [-0.05, 0) is 19.8 Å². The molecule has 0 N–H and O–H groups in total. The number of anilines is 1. The van der Waals surface area contributed by atoms with Crippen LogP contribution in [0.1, 0.15) is 40.7 Å². The second-order valence-corrected chi connectivity index (χ2v) is 7.14. The third-order valence-corrected chi connectivity index (χ3v) is 5.65. The molecule has 1 unspecified atom stereocenters. The predicted octanol–water partition coefficient (Wildman–Crippen LogP) is 1.86. The van der Waals surface area contributed by atoms with Gasteiger partial charge in [0.25, 0.3) is 5.91 Å². The predicted molar refractivity (Wildman–Crippen MR) is 90.2 cm³/mol. The van der Waals surface area contributed by atoms with E-state index in [2.05, 4.69) is 10.1 Å². The Morgan fingerprint density at radius 1 is 1.38 bits per heavy atom. The highest BCUT2D eigenvalue weighted by Crippen LogP contribution is 2.27. The number of hydrogen-bond acceptors (Lipinski definition) is 5. The average molecular weight is 345 g/mol. The topological polar surface area (TPSA) is 71.3 Å².